The van der Waals surface area contributed by atoms with Gasteiger partial charge in [-0.05, 0) is 32.6 Å². The minimum Gasteiger partial charge on any atom is -0.459 e. The summed E-state index contributed by atoms with van der Waals surface area (Å²) in [6, 6.07) is 0. The van der Waals surface area contributed by atoms with Crippen LogP contribution in [-0.4, -0.2) is 16.9 Å². The molecule has 0 unspecified atom stereocenters. The van der Waals surface area contributed by atoms with Crippen molar-refractivity contribution in [1.82, 2.24) is 0 Å². The number of alkyl halides is 1. The highest BCUT2D eigenvalue weighted by molar-refractivity contribution is 9.09. The quantitative estimate of drug-likeness (QED) is 0.528. The van der Waals surface area contributed by atoms with Crippen LogP contribution in [0.1, 0.15) is 32.6 Å². The first-order chi connectivity index (χ1) is 5.16. The zero-order valence-electron chi connectivity index (χ0n) is 6.73. The molecule has 0 aromatic heterocycles. The second-order valence-corrected chi connectivity index (χ2v) is 3.83. The lowest BCUT2D eigenvalue weighted by Gasteiger charge is -2.23. The van der Waals surface area contributed by atoms with E-state index in [0.29, 0.717) is 5.33 Å². The molecule has 1 fully saturated rings. The molecule has 0 saturated heterocycles. The summed E-state index contributed by atoms with van der Waals surface area (Å²) in [4.78, 5) is 10.9. The maximum absolute atomic E-state index is 10.9. The van der Waals surface area contributed by atoms with E-state index in [9.17, 15) is 4.79 Å². The van der Waals surface area contributed by atoms with Gasteiger partial charge in [-0.3, -0.25) is 4.79 Å². The third-order valence-corrected chi connectivity index (χ3v) is 2.59. The number of hydrogen-bond donors (Lipinski definition) is 0. The topological polar surface area (TPSA) is 26.3 Å². The first-order valence-electron chi connectivity index (χ1n) is 3.94. The van der Waals surface area contributed by atoms with Crippen LogP contribution in [0.5, 0.6) is 0 Å². The van der Waals surface area contributed by atoms with Gasteiger partial charge >= 0.3 is 5.97 Å². The van der Waals surface area contributed by atoms with Crippen molar-refractivity contribution >= 4 is 21.9 Å². The summed E-state index contributed by atoms with van der Waals surface area (Å²) in [5.74, 6) is -0.144. The van der Waals surface area contributed by atoms with Gasteiger partial charge in [0.1, 0.15) is 10.9 Å². The molecule has 64 valence electrons. The van der Waals surface area contributed by atoms with Gasteiger partial charge in [-0.25, -0.2) is 0 Å². The third-order valence-electron chi connectivity index (χ3n) is 2.13. The molecule has 1 saturated carbocycles. The Kier molecular flexibility index (Phi) is 2.93. The fourth-order valence-corrected chi connectivity index (χ4v) is 1.64. The summed E-state index contributed by atoms with van der Waals surface area (Å²) in [6.45, 7) is 2.01. The average molecular weight is 221 g/mol. The first kappa shape index (κ1) is 9.04. The van der Waals surface area contributed by atoms with E-state index in [2.05, 4.69) is 15.9 Å². The van der Waals surface area contributed by atoms with E-state index in [4.69, 9.17) is 4.74 Å². The number of esters is 1. The molecule has 11 heavy (non-hydrogen) atoms. The molecule has 0 amide bonds. The number of hydrogen-bond acceptors (Lipinski definition) is 2. The van der Waals surface area contributed by atoms with Gasteiger partial charge in [0.2, 0.25) is 0 Å². The van der Waals surface area contributed by atoms with Crippen molar-refractivity contribution in [3.63, 3.8) is 0 Å². The zero-order chi connectivity index (χ0) is 8.32. The Labute approximate surface area is 75.4 Å². The number of ether oxygens (including phenoxy) is 1. The lowest BCUT2D eigenvalue weighted by molar-refractivity contribution is -0.153. The van der Waals surface area contributed by atoms with Crippen LogP contribution in [-0.2, 0) is 9.53 Å². The van der Waals surface area contributed by atoms with Crippen molar-refractivity contribution in [1.29, 1.82) is 0 Å². The Bertz CT molecular complexity index is 150. The third kappa shape index (κ3) is 2.47. The molecule has 1 rings (SSSR count). The van der Waals surface area contributed by atoms with Crippen molar-refractivity contribution in [3.8, 4) is 0 Å². The lowest BCUT2D eigenvalue weighted by Crippen LogP contribution is -2.28. The van der Waals surface area contributed by atoms with E-state index in [0.717, 1.165) is 12.8 Å². The SMILES string of the molecule is CC1(OC(=O)CBr)CCCC1. The van der Waals surface area contributed by atoms with Crippen LogP contribution in [0.15, 0.2) is 0 Å². The number of carbonyl (C=O) groups is 1. The highest BCUT2D eigenvalue weighted by atomic mass is 79.9. The van der Waals surface area contributed by atoms with Gasteiger partial charge in [-0.2, -0.15) is 0 Å². The summed E-state index contributed by atoms with van der Waals surface area (Å²) in [5, 5.41) is 0.308. The van der Waals surface area contributed by atoms with Crippen LogP contribution in [0.3, 0.4) is 0 Å². The van der Waals surface area contributed by atoms with Crippen molar-refractivity contribution in [2.75, 3.05) is 5.33 Å². The summed E-state index contributed by atoms with van der Waals surface area (Å²) >= 11 is 3.07. The molecule has 0 bridgehead atoms. The molecular weight excluding hydrogens is 208 g/mol. The van der Waals surface area contributed by atoms with Gasteiger partial charge in [0.25, 0.3) is 0 Å². The van der Waals surface area contributed by atoms with Crippen LogP contribution < -0.4 is 0 Å². The fraction of sp³-hybridized carbons (Fsp3) is 0.875. The molecule has 1 aliphatic carbocycles. The highest BCUT2D eigenvalue weighted by Gasteiger charge is 2.31. The average Bonchev–Trinajstić information content (AvgIpc) is 2.36. The Morgan fingerprint density at radius 2 is 2.09 bits per heavy atom. The van der Waals surface area contributed by atoms with E-state index in [1.807, 2.05) is 6.92 Å². The maximum atomic E-state index is 10.9. The van der Waals surface area contributed by atoms with E-state index < -0.39 is 0 Å². The molecule has 0 spiro atoms. The molecule has 0 aliphatic heterocycles. The van der Waals surface area contributed by atoms with Crippen molar-refractivity contribution in [2.45, 2.75) is 38.2 Å². The van der Waals surface area contributed by atoms with Gasteiger partial charge in [-0.1, -0.05) is 15.9 Å². The molecule has 0 N–H and O–H groups in total. The van der Waals surface area contributed by atoms with Gasteiger partial charge in [0, 0.05) is 0 Å². The molecular formula is C8H13BrO2. The molecule has 0 aromatic carbocycles. The van der Waals surface area contributed by atoms with Crippen molar-refractivity contribution in [2.24, 2.45) is 0 Å². The van der Waals surface area contributed by atoms with Gasteiger partial charge < -0.3 is 4.74 Å². The Hall–Kier alpha value is -0.0500. The van der Waals surface area contributed by atoms with E-state index in [1.54, 1.807) is 0 Å². The van der Waals surface area contributed by atoms with Gasteiger partial charge in [0.05, 0.1) is 0 Å². The van der Waals surface area contributed by atoms with Gasteiger partial charge in [0.15, 0.2) is 0 Å². The van der Waals surface area contributed by atoms with Crippen LogP contribution in [0.25, 0.3) is 0 Å². The Morgan fingerprint density at radius 1 is 1.55 bits per heavy atom. The van der Waals surface area contributed by atoms with E-state index in [1.165, 1.54) is 12.8 Å². The minimum absolute atomic E-state index is 0.144. The summed E-state index contributed by atoms with van der Waals surface area (Å²) in [5.41, 5.74) is -0.162. The smallest absolute Gasteiger partial charge is 0.317 e. The summed E-state index contributed by atoms with van der Waals surface area (Å²) < 4.78 is 5.26. The lowest BCUT2D eigenvalue weighted by atomic mass is 10.1. The maximum Gasteiger partial charge on any atom is 0.317 e. The molecule has 0 atom stereocenters. The number of halogens is 1. The first-order valence-corrected chi connectivity index (χ1v) is 5.06. The van der Waals surface area contributed by atoms with Crippen molar-refractivity contribution in [3.05, 3.63) is 0 Å². The Morgan fingerprint density at radius 3 is 2.55 bits per heavy atom. The van der Waals surface area contributed by atoms with Crippen LogP contribution in [0.2, 0.25) is 0 Å². The standard InChI is InChI=1S/C8H13BrO2/c1-8(4-2-3-5-8)11-7(10)6-9/h2-6H2,1H3. The van der Waals surface area contributed by atoms with Crippen molar-refractivity contribution < 1.29 is 9.53 Å². The van der Waals surface area contributed by atoms with E-state index >= 15 is 0 Å². The molecule has 0 heterocycles. The van der Waals surface area contributed by atoms with E-state index in [-0.39, 0.29) is 11.6 Å². The van der Waals surface area contributed by atoms with Crippen LogP contribution in [0.4, 0.5) is 0 Å². The normalized spacial score (nSPS) is 21.6. The van der Waals surface area contributed by atoms with Gasteiger partial charge in [-0.15, -0.1) is 0 Å². The largest absolute Gasteiger partial charge is 0.459 e. The molecule has 1 aliphatic rings. The molecule has 3 heteroatoms. The number of rotatable bonds is 2. The number of carbonyl (C=O) groups excluding carboxylic acids is 1. The predicted molar refractivity (Wildman–Crippen MR) is 46.8 cm³/mol. The zero-order valence-corrected chi connectivity index (χ0v) is 8.32. The summed E-state index contributed by atoms with van der Waals surface area (Å²) in [6.07, 6.45) is 4.41. The second-order valence-electron chi connectivity index (χ2n) is 3.26. The predicted octanol–water partition coefficient (Wildman–Crippen LogP) is 2.26. The summed E-state index contributed by atoms with van der Waals surface area (Å²) in [7, 11) is 0. The molecule has 2 nitrogen and oxygen atoms in total. The second kappa shape index (κ2) is 3.57. The fourth-order valence-electron chi connectivity index (χ4n) is 1.53. The van der Waals surface area contributed by atoms with Crippen LogP contribution >= 0.6 is 15.9 Å². The Balaban J connectivity index is 2.39. The highest BCUT2D eigenvalue weighted by Crippen LogP contribution is 2.32. The van der Waals surface area contributed by atoms with Crippen LogP contribution in [0, 0.1) is 0 Å². The molecule has 0 radical (unpaired) electrons. The monoisotopic (exact) mass is 220 g/mol. The molecule has 0 aromatic rings. The minimum atomic E-state index is -0.162.